The maximum absolute atomic E-state index is 10.0. The molecule has 1 saturated heterocycles. The van der Waals surface area contributed by atoms with Crippen LogP contribution in [0.1, 0.15) is 33.7 Å². The van der Waals surface area contributed by atoms with Gasteiger partial charge in [0.05, 0.1) is 25.0 Å². The highest BCUT2D eigenvalue weighted by atomic mass is 16.5. The van der Waals surface area contributed by atoms with E-state index in [9.17, 15) is 5.26 Å². The van der Waals surface area contributed by atoms with E-state index in [1.165, 1.54) is 16.7 Å². The molecule has 2 heterocycles. The highest BCUT2D eigenvalue weighted by Gasteiger charge is 2.24. The predicted octanol–water partition coefficient (Wildman–Crippen LogP) is 6.33. The second kappa shape index (κ2) is 9.81. The fourth-order valence-corrected chi connectivity index (χ4v) is 4.85. The lowest BCUT2D eigenvalue weighted by Crippen LogP contribution is -2.25. The summed E-state index contributed by atoms with van der Waals surface area (Å²) in [6.07, 6.45) is 0.516. The summed E-state index contributed by atoms with van der Waals surface area (Å²) in [6.45, 7) is 2.15. The van der Waals surface area contributed by atoms with Crippen LogP contribution in [0.25, 0.3) is 11.1 Å². The summed E-state index contributed by atoms with van der Waals surface area (Å²) in [5.74, 6) is 1.35. The summed E-state index contributed by atoms with van der Waals surface area (Å²) in [7, 11) is 0. The Morgan fingerprint density at radius 2 is 1.58 bits per heavy atom. The van der Waals surface area contributed by atoms with Crippen molar-refractivity contribution in [2.24, 2.45) is 4.99 Å². The third-order valence-corrected chi connectivity index (χ3v) is 6.92. The first-order valence-corrected chi connectivity index (χ1v) is 12.3. The first-order valence-electron chi connectivity index (χ1n) is 12.3. The Morgan fingerprint density at radius 1 is 0.861 bits per heavy atom. The molecule has 36 heavy (non-hydrogen) atoms. The Morgan fingerprint density at radius 3 is 2.22 bits per heavy atom. The minimum atomic E-state index is -0.514. The van der Waals surface area contributed by atoms with Crippen LogP contribution in [-0.2, 0) is 17.8 Å². The maximum atomic E-state index is 10.0. The van der Waals surface area contributed by atoms with E-state index in [0.717, 1.165) is 46.9 Å². The molecule has 1 fully saturated rings. The van der Waals surface area contributed by atoms with Crippen molar-refractivity contribution in [1.29, 1.82) is 5.26 Å². The lowest BCUT2D eigenvalue weighted by atomic mass is 9.89. The number of fused-ring (bicyclic) bond motifs is 3. The van der Waals surface area contributed by atoms with Crippen LogP contribution in [-0.4, -0.2) is 25.0 Å². The van der Waals surface area contributed by atoms with Crippen molar-refractivity contribution in [3.8, 4) is 22.9 Å². The van der Waals surface area contributed by atoms with E-state index in [4.69, 9.17) is 14.5 Å². The Labute approximate surface area is 211 Å². The Balaban J connectivity index is 1.30. The standard InChI is InChI=1S/C32H26N2O2/c33-18-28(34-32(23-7-3-1-4-8-23)24-9-5-2-6-10-24)15-22-11-14-29-30-17-25(27-19-35-20-27)12-13-26(30)21-36-31(29)16-22/h1-14,16-17,27-28H,15,19-21H2. The summed E-state index contributed by atoms with van der Waals surface area (Å²) in [5, 5.41) is 10.0. The molecule has 2 aliphatic heterocycles. The average Bonchev–Trinajstić information content (AvgIpc) is 2.90. The summed E-state index contributed by atoms with van der Waals surface area (Å²) < 4.78 is 11.5. The number of rotatable bonds is 6. The molecular formula is C32H26N2O2. The number of nitrogens with zero attached hydrogens (tertiary/aromatic N) is 2. The first-order chi connectivity index (χ1) is 17.8. The molecule has 176 valence electrons. The number of ether oxygens (including phenoxy) is 2. The van der Waals surface area contributed by atoms with E-state index in [-0.39, 0.29) is 0 Å². The highest BCUT2D eigenvalue weighted by molar-refractivity contribution is 6.13. The van der Waals surface area contributed by atoms with Gasteiger partial charge in [0.2, 0.25) is 0 Å². The van der Waals surface area contributed by atoms with Crippen LogP contribution in [0.3, 0.4) is 0 Å². The van der Waals surface area contributed by atoms with Gasteiger partial charge >= 0.3 is 0 Å². The topological polar surface area (TPSA) is 54.6 Å². The van der Waals surface area contributed by atoms with Crippen LogP contribution in [0.15, 0.2) is 102 Å². The smallest absolute Gasteiger partial charge is 0.141 e. The summed E-state index contributed by atoms with van der Waals surface area (Å²) in [6, 6.07) is 35.0. The Bertz CT molecular complexity index is 1410. The molecule has 0 aliphatic carbocycles. The zero-order valence-electron chi connectivity index (χ0n) is 19.9. The van der Waals surface area contributed by atoms with E-state index in [1.807, 2.05) is 60.7 Å². The zero-order chi connectivity index (χ0) is 24.3. The van der Waals surface area contributed by atoms with Crippen molar-refractivity contribution < 1.29 is 9.47 Å². The molecule has 1 atom stereocenters. The fraction of sp³-hybridized carbons (Fsp3) is 0.188. The van der Waals surface area contributed by atoms with Crippen LogP contribution in [0.4, 0.5) is 0 Å². The van der Waals surface area contributed by atoms with Crippen LogP contribution in [0.2, 0.25) is 0 Å². The lowest BCUT2D eigenvalue weighted by Gasteiger charge is -2.28. The third-order valence-electron chi connectivity index (χ3n) is 6.92. The normalized spacial score (nSPS) is 14.9. The molecule has 2 aliphatic rings. The van der Waals surface area contributed by atoms with Gasteiger partial charge < -0.3 is 9.47 Å². The second-order valence-corrected chi connectivity index (χ2v) is 9.33. The second-order valence-electron chi connectivity index (χ2n) is 9.33. The van der Waals surface area contributed by atoms with Crippen LogP contribution in [0.5, 0.6) is 5.75 Å². The van der Waals surface area contributed by atoms with Crippen molar-refractivity contribution in [2.45, 2.75) is 25.0 Å². The van der Waals surface area contributed by atoms with Crippen molar-refractivity contribution in [2.75, 3.05) is 13.2 Å². The molecule has 0 N–H and O–H groups in total. The van der Waals surface area contributed by atoms with Gasteiger partial charge in [0.1, 0.15) is 18.4 Å². The van der Waals surface area contributed by atoms with Crippen LogP contribution in [0, 0.1) is 11.3 Å². The number of hydrogen-bond donors (Lipinski definition) is 0. The molecule has 0 spiro atoms. The van der Waals surface area contributed by atoms with Gasteiger partial charge in [-0.2, -0.15) is 5.26 Å². The van der Waals surface area contributed by atoms with Crippen molar-refractivity contribution in [3.05, 3.63) is 125 Å². The Kier molecular flexibility index (Phi) is 6.07. The van der Waals surface area contributed by atoms with Crippen molar-refractivity contribution in [1.82, 2.24) is 0 Å². The third kappa shape index (κ3) is 4.42. The number of aliphatic imine (C=N–C) groups is 1. The molecule has 4 nitrogen and oxygen atoms in total. The Hall–Kier alpha value is -4.20. The van der Waals surface area contributed by atoms with E-state index < -0.39 is 6.04 Å². The largest absolute Gasteiger partial charge is 0.488 e. The molecular weight excluding hydrogens is 444 g/mol. The quantitative estimate of drug-likeness (QED) is 0.309. The molecule has 0 radical (unpaired) electrons. The summed E-state index contributed by atoms with van der Waals surface area (Å²) in [4.78, 5) is 4.93. The van der Waals surface area contributed by atoms with E-state index >= 15 is 0 Å². The minimum Gasteiger partial charge on any atom is -0.488 e. The first kappa shape index (κ1) is 22.3. The van der Waals surface area contributed by atoms with E-state index in [1.54, 1.807) is 0 Å². The van der Waals surface area contributed by atoms with Crippen molar-refractivity contribution >= 4 is 5.71 Å². The molecule has 0 saturated carbocycles. The number of benzene rings is 4. The van der Waals surface area contributed by atoms with Gasteiger partial charge in [0, 0.05) is 29.0 Å². The van der Waals surface area contributed by atoms with E-state index in [2.05, 4.69) is 42.5 Å². The molecule has 0 bridgehead atoms. The monoisotopic (exact) mass is 470 g/mol. The summed E-state index contributed by atoms with van der Waals surface area (Å²) in [5.41, 5.74) is 8.74. The van der Waals surface area contributed by atoms with Crippen molar-refractivity contribution in [3.63, 3.8) is 0 Å². The van der Waals surface area contributed by atoms with Gasteiger partial charge in [-0.3, -0.25) is 4.99 Å². The van der Waals surface area contributed by atoms with Gasteiger partial charge in [-0.05, 0) is 28.3 Å². The van der Waals surface area contributed by atoms with E-state index in [0.29, 0.717) is 18.9 Å². The molecule has 4 heteroatoms. The molecule has 4 aromatic rings. The molecule has 0 aromatic heterocycles. The average molecular weight is 471 g/mol. The number of nitriles is 1. The molecule has 6 rings (SSSR count). The maximum Gasteiger partial charge on any atom is 0.141 e. The zero-order valence-corrected chi connectivity index (χ0v) is 19.9. The van der Waals surface area contributed by atoms with Gasteiger partial charge in [0.15, 0.2) is 0 Å². The molecule has 1 unspecified atom stereocenters. The highest BCUT2D eigenvalue weighted by Crippen LogP contribution is 2.40. The van der Waals surface area contributed by atoms with Crippen LogP contribution < -0.4 is 4.74 Å². The SMILES string of the molecule is N#CC(Cc1ccc2c(c1)OCc1ccc(C3COC3)cc1-2)N=C(c1ccccc1)c1ccccc1. The van der Waals surface area contributed by atoms with Gasteiger partial charge in [-0.15, -0.1) is 0 Å². The number of hydrogen-bond acceptors (Lipinski definition) is 4. The van der Waals surface area contributed by atoms with Gasteiger partial charge in [0.25, 0.3) is 0 Å². The van der Waals surface area contributed by atoms with Gasteiger partial charge in [-0.25, -0.2) is 0 Å². The van der Waals surface area contributed by atoms with Crippen LogP contribution >= 0.6 is 0 Å². The van der Waals surface area contributed by atoms with Gasteiger partial charge in [-0.1, -0.05) is 91.0 Å². The molecule has 0 amide bonds. The fourth-order valence-electron chi connectivity index (χ4n) is 4.85. The predicted molar refractivity (Wildman–Crippen MR) is 141 cm³/mol. The minimum absolute atomic E-state index is 0.485. The molecule has 4 aromatic carbocycles. The lowest BCUT2D eigenvalue weighted by molar-refractivity contribution is 0.00842. The summed E-state index contributed by atoms with van der Waals surface area (Å²) >= 11 is 0.